The molecule has 0 amide bonds. The second kappa shape index (κ2) is 75.6. The van der Waals surface area contributed by atoms with Crippen molar-refractivity contribution in [1.82, 2.24) is 0 Å². The molecule has 0 aromatic rings. The number of carbonyl (C=O) groups is 2. The molecule has 0 spiro atoms. The number of nitrogens with zero attached hydrogens (tertiary/aromatic N) is 1. The first-order valence-electron chi connectivity index (χ1n) is 40.3. The van der Waals surface area contributed by atoms with Crippen LogP contribution in [0.15, 0.2) is 122 Å². The molecule has 9 nitrogen and oxygen atoms in total. The van der Waals surface area contributed by atoms with Crippen LogP contribution in [-0.2, 0) is 32.7 Å². The van der Waals surface area contributed by atoms with E-state index in [1.54, 1.807) is 0 Å². The van der Waals surface area contributed by atoms with E-state index in [4.69, 9.17) is 18.5 Å². The number of carbonyl (C=O) groups excluding carboxylic acids is 2. The lowest BCUT2D eigenvalue weighted by Gasteiger charge is -2.24. The molecule has 0 aliphatic carbocycles. The normalized spacial score (nSPS) is 13.7. The van der Waals surface area contributed by atoms with Crippen molar-refractivity contribution >= 4 is 19.8 Å². The van der Waals surface area contributed by atoms with Gasteiger partial charge in [0.2, 0.25) is 0 Å². The summed E-state index contributed by atoms with van der Waals surface area (Å²) in [5.41, 5.74) is 0. The molecule has 0 aromatic heterocycles. The van der Waals surface area contributed by atoms with Crippen LogP contribution < -0.4 is 0 Å². The van der Waals surface area contributed by atoms with E-state index in [2.05, 4.69) is 135 Å². The molecule has 0 heterocycles. The monoisotopic (exact) mass is 1360 g/mol. The first-order chi connectivity index (χ1) is 47.0. The van der Waals surface area contributed by atoms with E-state index in [0.29, 0.717) is 17.4 Å². The van der Waals surface area contributed by atoms with E-state index < -0.39 is 26.5 Å². The van der Waals surface area contributed by atoms with Crippen LogP contribution in [0.5, 0.6) is 0 Å². The van der Waals surface area contributed by atoms with Crippen molar-refractivity contribution in [2.75, 3.05) is 47.5 Å². The highest BCUT2D eigenvalue weighted by Crippen LogP contribution is 2.43. The van der Waals surface area contributed by atoms with Crippen molar-refractivity contribution in [2.24, 2.45) is 0 Å². The van der Waals surface area contributed by atoms with Gasteiger partial charge in [0.15, 0.2) is 6.10 Å². The number of esters is 2. The second-order valence-electron chi connectivity index (χ2n) is 28.1. The van der Waals surface area contributed by atoms with Gasteiger partial charge in [0.25, 0.3) is 0 Å². The number of hydrogen-bond acceptors (Lipinski definition) is 7. The fourth-order valence-electron chi connectivity index (χ4n) is 11.4. The van der Waals surface area contributed by atoms with Gasteiger partial charge in [0.1, 0.15) is 19.8 Å². The van der Waals surface area contributed by atoms with Gasteiger partial charge in [-0.3, -0.25) is 18.6 Å². The fourth-order valence-corrected chi connectivity index (χ4v) is 12.1. The third kappa shape index (κ3) is 79.4. The van der Waals surface area contributed by atoms with Crippen LogP contribution in [0.4, 0.5) is 0 Å². The van der Waals surface area contributed by atoms with E-state index >= 15 is 0 Å². The Kier molecular flexibility index (Phi) is 72.8. The number of phosphoric ester groups is 1. The summed E-state index contributed by atoms with van der Waals surface area (Å²) >= 11 is 0. The van der Waals surface area contributed by atoms with Gasteiger partial charge in [0, 0.05) is 12.8 Å². The fraction of sp³-hybridized carbons (Fsp3) is 0.744. The summed E-state index contributed by atoms with van der Waals surface area (Å²) in [7, 11) is 1.47. The summed E-state index contributed by atoms with van der Waals surface area (Å²) in [5, 5.41) is 0. The first-order valence-corrected chi connectivity index (χ1v) is 41.8. The molecule has 1 N–H and O–H groups in total. The molecule has 0 aliphatic rings. The lowest BCUT2D eigenvalue weighted by Crippen LogP contribution is -2.37. The maximum absolute atomic E-state index is 12.9. The molecular weight excluding hydrogens is 1210 g/mol. The highest BCUT2D eigenvalue weighted by molar-refractivity contribution is 7.47. The second-order valence-corrected chi connectivity index (χ2v) is 29.5. The Morgan fingerprint density at radius 3 is 0.885 bits per heavy atom. The van der Waals surface area contributed by atoms with Crippen molar-refractivity contribution in [2.45, 2.75) is 367 Å². The minimum atomic E-state index is -4.40. The lowest BCUT2D eigenvalue weighted by atomic mass is 10.0. The summed E-state index contributed by atoms with van der Waals surface area (Å²) in [5.74, 6) is -0.798. The molecule has 0 aromatic carbocycles. The van der Waals surface area contributed by atoms with Crippen LogP contribution in [0, 0.1) is 0 Å². The number of ether oxygens (including phenoxy) is 2. The number of likely N-dealkylation sites (N-methyl/N-ethyl adjacent to an activating group) is 1. The summed E-state index contributed by atoms with van der Waals surface area (Å²) in [6, 6.07) is 0. The first kappa shape index (κ1) is 92.4. The molecule has 0 saturated heterocycles. The van der Waals surface area contributed by atoms with Crippen molar-refractivity contribution in [3.05, 3.63) is 122 Å². The number of phosphoric acid groups is 1. The van der Waals surface area contributed by atoms with E-state index in [1.165, 1.54) is 218 Å². The average molecular weight is 1360 g/mol. The SMILES string of the molecule is CC/C=C\C/C=C\C/C=C\C/C=C\C/C=C\C/C=C\C/C=C\C/C=C\C/C=C\C/C=C\CCCCCCCCCCC(=O)OC(COC(=O)CCCCCCCCCCCCCCCCCCCCCCCCCCCCCCCCCCC)COP(=O)(O)OCC[N+](C)(C)C. The quantitative estimate of drug-likeness (QED) is 0.0211. The van der Waals surface area contributed by atoms with Crippen LogP contribution in [0.1, 0.15) is 361 Å². The average Bonchev–Trinajstić information content (AvgIpc) is 1.98. The summed E-state index contributed by atoms with van der Waals surface area (Å²) in [4.78, 5) is 36.0. The Balaban J connectivity index is 4.02. The van der Waals surface area contributed by atoms with Gasteiger partial charge in [-0.15, -0.1) is 0 Å². The maximum Gasteiger partial charge on any atom is 0.472 e. The highest BCUT2D eigenvalue weighted by atomic mass is 31.2. The Morgan fingerprint density at radius 2 is 0.594 bits per heavy atom. The number of unbranched alkanes of at least 4 members (excludes halogenated alkanes) is 40. The predicted octanol–water partition coefficient (Wildman–Crippen LogP) is 26.9. The number of rotatable bonds is 74. The van der Waals surface area contributed by atoms with Gasteiger partial charge in [-0.25, -0.2) is 4.57 Å². The summed E-state index contributed by atoms with van der Waals surface area (Å²) < 4.78 is 34.8. The van der Waals surface area contributed by atoms with E-state index in [0.717, 1.165) is 109 Å². The summed E-state index contributed by atoms with van der Waals surface area (Å²) in [6.45, 7) is 4.35. The molecular formula is C86H153NO8P+. The van der Waals surface area contributed by atoms with Crippen LogP contribution in [0.25, 0.3) is 0 Å². The Labute approximate surface area is 594 Å². The maximum atomic E-state index is 12.9. The van der Waals surface area contributed by atoms with Crippen molar-refractivity contribution in [3.8, 4) is 0 Å². The number of quaternary nitrogens is 1. The van der Waals surface area contributed by atoms with Gasteiger partial charge in [0.05, 0.1) is 27.7 Å². The molecule has 0 aliphatic heterocycles. The Bertz CT molecular complexity index is 2040. The molecule has 0 radical (unpaired) electrons. The summed E-state index contributed by atoms with van der Waals surface area (Å²) in [6.07, 6.45) is 109. The Morgan fingerprint density at radius 1 is 0.333 bits per heavy atom. The van der Waals surface area contributed by atoms with E-state index in [1.807, 2.05) is 21.1 Å². The van der Waals surface area contributed by atoms with Gasteiger partial charge in [-0.1, -0.05) is 379 Å². The molecule has 96 heavy (non-hydrogen) atoms. The third-order valence-electron chi connectivity index (χ3n) is 17.5. The van der Waals surface area contributed by atoms with Crippen LogP contribution in [-0.4, -0.2) is 74.9 Å². The molecule has 554 valence electrons. The van der Waals surface area contributed by atoms with Crippen molar-refractivity contribution in [3.63, 3.8) is 0 Å². The van der Waals surface area contributed by atoms with E-state index in [9.17, 15) is 19.0 Å². The van der Waals surface area contributed by atoms with Gasteiger partial charge in [-0.2, -0.15) is 0 Å². The Hall–Kier alpha value is -3.59. The topological polar surface area (TPSA) is 108 Å². The molecule has 10 heteroatoms. The minimum Gasteiger partial charge on any atom is -0.462 e. The molecule has 2 atom stereocenters. The zero-order valence-electron chi connectivity index (χ0n) is 63.3. The predicted molar refractivity (Wildman–Crippen MR) is 418 cm³/mol. The number of allylic oxidation sites excluding steroid dienone is 20. The van der Waals surface area contributed by atoms with Gasteiger partial charge < -0.3 is 18.9 Å². The largest absolute Gasteiger partial charge is 0.472 e. The molecule has 0 fully saturated rings. The van der Waals surface area contributed by atoms with Crippen LogP contribution >= 0.6 is 7.82 Å². The zero-order valence-corrected chi connectivity index (χ0v) is 64.2. The smallest absolute Gasteiger partial charge is 0.462 e. The van der Waals surface area contributed by atoms with Crippen molar-refractivity contribution < 1.29 is 42.1 Å². The van der Waals surface area contributed by atoms with Crippen molar-refractivity contribution in [1.29, 1.82) is 0 Å². The number of hydrogen-bond donors (Lipinski definition) is 1. The lowest BCUT2D eigenvalue weighted by molar-refractivity contribution is -0.870. The molecule has 0 bridgehead atoms. The standard InChI is InChI=1S/C86H152NO8P/c1-6-8-10-12-14-16-18-20-22-24-26-28-30-32-34-36-38-40-41-42-43-44-45-47-49-51-53-55-57-59-61-63-65-67-69-71-73-75-77-79-86(89)95-84(83-94-96(90,91)93-81-80-87(3,4)5)82-92-85(88)78-76-74-72-70-68-66-64-62-60-58-56-54-52-50-48-46-39-37-35-33-31-29-27-25-23-21-19-17-15-13-11-9-7-2/h8,10,14,16,20,22,26,28,32,34,38,40,42-43,45,47,51,53,57,59,84H,6-7,9,11-13,15,17-19,21,23-25,27,29-31,33,35-37,39,41,44,46,48-50,52,54-56,58,60-83H2,1-5H3/p+1/b10-8-,16-14-,22-20-,28-26-,34-32-,40-38-,43-42-,47-45-,53-51-,59-57-. The van der Waals surface area contributed by atoms with Crippen LogP contribution in [0.2, 0.25) is 0 Å². The van der Waals surface area contributed by atoms with Gasteiger partial charge in [-0.05, 0) is 89.9 Å². The van der Waals surface area contributed by atoms with Crippen LogP contribution in [0.3, 0.4) is 0 Å². The van der Waals surface area contributed by atoms with E-state index in [-0.39, 0.29) is 32.0 Å². The molecule has 0 saturated carbocycles. The van der Waals surface area contributed by atoms with Gasteiger partial charge >= 0.3 is 19.8 Å². The zero-order chi connectivity index (χ0) is 69.7. The third-order valence-corrected chi connectivity index (χ3v) is 18.5. The molecule has 0 rings (SSSR count). The molecule has 2 unspecified atom stereocenters. The minimum absolute atomic E-state index is 0.0264. The highest BCUT2D eigenvalue weighted by Gasteiger charge is 2.27.